The van der Waals surface area contributed by atoms with Crippen molar-refractivity contribution < 1.29 is 8.42 Å². The van der Waals surface area contributed by atoms with Gasteiger partial charge < -0.3 is 0 Å². The van der Waals surface area contributed by atoms with Gasteiger partial charge >= 0.3 is 0 Å². The second-order valence-electron chi connectivity index (χ2n) is 7.78. The fourth-order valence-electron chi connectivity index (χ4n) is 3.39. The van der Waals surface area contributed by atoms with E-state index < -0.39 is 16.1 Å². The third-order valence-electron chi connectivity index (χ3n) is 5.17. The average molecular weight is 492 g/mol. The second kappa shape index (κ2) is 8.99. The summed E-state index contributed by atoms with van der Waals surface area (Å²) in [6.07, 6.45) is 0.696. The summed E-state index contributed by atoms with van der Waals surface area (Å²) >= 11 is 3.35. The molecule has 160 valence electrons. The number of aromatic nitrogens is 2. The lowest BCUT2D eigenvalue weighted by molar-refractivity contribution is 0.306. The summed E-state index contributed by atoms with van der Waals surface area (Å²) in [5.74, 6) is 0.747. The van der Waals surface area contributed by atoms with E-state index in [9.17, 15) is 13.2 Å². The summed E-state index contributed by atoms with van der Waals surface area (Å²) in [4.78, 5) is 17.7. The van der Waals surface area contributed by atoms with E-state index in [1.807, 2.05) is 6.07 Å². The van der Waals surface area contributed by atoms with Gasteiger partial charge in [0.1, 0.15) is 5.82 Å². The molecule has 0 aliphatic heterocycles. The van der Waals surface area contributed by atoms with Gasteiger partial charge in [-0.1, -0.05) is 41.9 Å². The molecule has 1 atom stereocenters. The van der Waals surface area contributed by atoms with Crippen molar-refractivity contribution in [1.29, 1.82) is 0 Å². The highest BCUT2D eigenvalue weighted by molar-refractivity contribution is 9.10. The van der Waals surface area contributed by atoms with E-state index in [0.29, 0.717) is 35.6 Å². The number of hydrogen-bond acceptors (Lipinski definition) is 4. The predicted molar refractivity (Wildman–Crippen MR) is 123 cm³/mol. The molecule has 0 aliphatic carbocycles. The molecule has 0 N–H and O–H groups in total. The normalized spacial score (nSPS) is 13.3. The Morgan fingerprint density at radius 1 is 1.07 bits per heavy atom. The van der Waals surface area contributed by atoms with Crippen LogP contribution in [0.2, 0.25) is 0 Å². The van der Waals surface area contributed by atoms with Crippen LogP contribution < -0.4 is 5.56 Å². The minimum Gasteiger partial charge on any atom is -0.298 e. The quantitative estimate of drug-likeness (QED) is 0.487. The van der Waals surface area contributed by atoms with Crippen molar-refractivity contribution in [3.05, 3.63) is 69.2 Å². The Morgan fingerprint density at radius 2 is 1.70 bits per heavy atom. The number of rotatable bonds is 7. The molecule has 0 spiro atoms. The summed E-state index contributed by atoms with van der Waals surface area (Å²) < 4.78 is 30.8. The molecule has 1 aromatic heterocycles. The third-order valence-corrected chi connectivity index (χ3v) is 7.68. The molecule has 0 bridgehead atoms. The van der Waals surface area contributed by atoms with Crippen LogP contribution in [0.15, 0.2) is 62.7 Å². The van der Waals surface area contributed by atoms with E-state index in [1.165, 1.54) is 8.87 Å². The molecule has 1 heterocycles. The first kappa shape index (κ1) is 22.7. The largest absolute Gasteiger partial charge is 0.298 e. The molecule has 6 nitrogen and oxygen atoms in total. The average Bonchev–Trinajstić information content (AvgIpc) is 2.70. The van der Waals surface area contributed by atoms with E-state index in [4.69, 9.17) is 0 Å². The maximum absolute atomic E-state index is 13.5. The van der Waals surface area contributed by atoms with Crippen LogP contribution in [0, 0.1) is 5.92 Å². The van der Waals surface area contributed by atoms with Crippen LogP contribution in [0.5, 0.6) is 0 Å². The maximum atomic E-state index is 13.5. The van der Waals surface area contributed by atoms with Crippen molar-refractivity contribution in [3.63, 3.8) is 0 Å². The lowest BCUT2D eigenvalue weighted by atomic mass is 10.1. The van der Waals surface area contributed by atoms with E-state index in [0.717, 1.165) is 4.47 Å². The van der Waals surface area contributed by atoms with Gasteiger partial charge in [-0.2, -0.15) is 4.31 Å². The molecule has 8 heteroatoms. The summed E-state index contributed by atoms with van der Waals surface area (Å²) in [5.41, 5.74) is 0.375. The minimum atomic E-state index is -3.79. The number of nitrogens with zero attached hydrogens (tertiary/aromatic N) is 3. The second-order valence-corrected chi connectivity index (χ2v) is 10.6. The van der Waals surface area contributed by atoms with Gasteiger partial charge in [0.15, 0.2) is 0 Å². The topological polar surface area (TPSA) is 72.3 Å². The molecule has 0 aliphatic rings. The molecule has 3 rings (SSSR count). The predicted octanol–water partition coefficient (Wildman–Crippen LogP) is 4.49. The number of hydrogen-bond donors (Lipinski definition) is 0. The van der Waals surface area contributed by atoms with Crippen LogP contribution in [0.3, 0.4) is 0 Å². The van der Waals surface area contributed by atoms with E-state index in [-0.39, 0.29) is 10.5 Å². The van der Waals surface area contributed by atoms with Crippen molar-refractivity contribution in [1.82, 2.24) is 13.9 Å². The van der Waals surface area contributed by atoms with Gasteiger partial charge in [-0.3, -0.25) is 9.36 Å². The van der Waals surface area contributed by atoms with Crippen molar-refractivity contribution >= 4 is 36.9 Å². The van der Waals surface area contributed by atoms with Gasteiger partial charge in [0.05, 0.1) is 21.8 Å². The number of fused-ring (bicyclic) bond motifs is 1. The van der Waals surface area contributed by atoms with Gasteiger partial charge in [-0.15, -0.1) is 0 Å². The monoisotopic (exact) mass is 491 g/mol. The highest BCUT2D eigenvalue weighted by Gasteiger charge is 2.32. The Balaban J connectivity index is 2.12. The zero-order valence-electron chi connectivity index (χ0n) is 17.5. The van der Waals surface area contributed by atoms with Gasteiger partial charge in [-0.25, -0.2) is 13.4 Å². The van der Waals surface area contributed by atoms with Crippen LogP contribution in [0.25, 0.3) is 10.9 Å². The first-order valence-electron chi connectivity index (χ1n) is 9.86. The Bertz CT molecular complexity index is 1200. The van der Waals surface area contributed by atoms with Crippen molar-refractivity contribution in [3.8, 4) is 0 Å². The number of halogens is 1. The van der Waals surface area contributed by atoms with E-state index in [1.54, 1.807) is 56.4 Å². The Labute approximate surface area is 185 Å². The third kappa shape index (κ3) is 4.50. The number of para-hydroxylation sites is 1. The summed E-state index contributed by atoms with van der Waals surface area (Å²) in [6.45, 7) is 6.23. The van der Waals surface area contributed by atoms with Crippen molar-refractivity contribution in [2.75, 3.05) is 6.54 Å². The van der Waals surface area contributed by atoms with Crippen molar-refractivity contribution in [2.24, 2.45) is 13.0 Å². The molecule has 2 aromatic carbocycles. The van der Waals surface area contributed by atoms with Crippen LogP contribution in [-0.4, -0.2) is 28.8 Å². The SMILES string of the molecule is CC(C)CCN(C(C)c1nc2ccccc2c(=O)n1C)S(=O)(=O)c1ccc(Br)cc1. The van der Waals surface area contributed by atoms with E-state index in [2.05, 4.69) is 34.8 Å². The minimum absolute atomic E-state index is 0.188. The summed E-state index contributed by atoms with van der Waals surface area (Å²) in [7, 11) is -2.15. The van der Waals surface area contributed by atoms with Gasteiger partial charge in [-0.05, 0) is 55.7 Å². The summed E-state index contributed by atoms with van der Waals surface area (Å²) in [6, 6.07) is 13.1. The Kier molecular flexibility index (Phi) is 6.79. The number of benzene rings is 2. The van der Waals surface area contributed by atoms with Crippen molar-refractivity contribution in [2.45, 2.75) is 38.1 Å². The molecular weight excluding hydrogens is 466 g/mol. The first-order chi connectivity index (χ1) is 14.1. The molecule has 0 saturated heterocycles. The molecule has 0 radical (unpaired) electrons. The molecule has 0 fully saturated rings. The van der Waals surface area contributed by atoms with Crippen LogP contribution >= 0.6 is 15.9 Å². The molecular formula is C22H26BrN3O3S. The van der Waals surface area contributed by atoms with Crippen LogP contribution in [0.4, 0.5) is 0 Å². The standard InChI is InChI=1S/C22H26BrN3O3S/c1-15(2)13-14-26(30(28,29)18-11-9-17(23)10-12-18)16(3)21-24-20-8-6-5-7-19(20)22(27)25(21)4/h5-12,15-16H,13-14H2,1-4H3. The molecule has 0 saturated carbocycles. The first-order valence-corrected chi connectivity index (χ1v) is 12.1. The zero-order valence-corrected chi connectivity index (χ0v) is 19.9. The van der Waals surface area contributed by atoms with Gasteiger partial charge in [0, 0.05) is 18.1 Å². The van der Waals surface area contributed by atoms with Gasteiger partial charge in [0.25, 0.3) is 5.56 Å². The van der Waals surface area contributed by atoms with E-state index >= 15 is 0 Å². The highest BCUT2D eigenvalue weighted by Crippen LogP contribution is 2.28. The maximum Gasteiger partial charge on any atom is 0.261 e. The lowest BCUT2D eigenvalue weighted by Crippen LogP contribution is -2.38. The molecule has 0 amide bonds. The lowest BCUT2D eigenvalue weighted by Gasteiger charge is -2.29. The highest BCUT2D eigenvalue weighted by atomic mass is 79.9. The van der Waals surface area contributed by atoms with Crippen LogP contribution in [0.1, 0.15) is 39.1 Å². The molecule has 3 aromatic rings. The summed E-state index contributed by atoms with van der Waals surface area (Å²) in [5, 5.41) is 0.514. The zero-order chi connectivity index (χ0) is 22.1. The smallest absolute Gasteiger partial charge is 0.261 e. The van der Waals surface area contributed by atoms with Crippen LogP contribution in [-0.2, 0) is 17.1 Å². The van der Waals surface area contributed by atoms with Gasteiger partial charge in [0.2, 0.25) is 10.0 Å². The fraction of sp³-hybridized carbons (Fsp3) is 0.364. The Morgan fingerprint density at radius 3 is 2.33 bits per heavy atom. The molecule has 1 unspecified atom stereocenters. The molecule has 30 heavy (non-hydrogen) atoms. The fourth-order valence-corrected chi connectivity index (χ4v) is 5.26. The Hall–Kier alpha value is -2.03. The number of sulfonamides is 1.